The van der Waals surface area contributed by atoms with Gasteiger partial charge < -0.3 is 9.64 Å². The lowest BCUT2D eigenvalue weighted by Gasteiger charge is -2.30. The number of hydrogen-bond acceptors (Lipinski definition) is 6. The Bertz CT molecular complexity index is 812. The average Bonchev–Trinajstić information content (AvgIpc) is 2.99. The molecule has 23 heavy (non-hydrogen) atoms. The van der Waals surface area contributed by atoms with Crippen LogP contribution in [0.15, 0.2) is 23.7 Å². The molecule has 0 radical (unpaired) electrons. The molecular formula is C14H17N3O4S2. The van der Waals surface area contributed by atoms with Gasteiger partial charge in [0.1, 0.15) is 6.54 Å². The maximum absolute atomic E-state index is 12.4. The van der Waals surface area contributed by atoms with Gasteiger partial charge in [0, 0.05) is 13.1 Å². The van der Waals surface area contributed by atoms with Crippen LogP contribution in [0, 0.1) is 0 Å². The highest BCUT2D eigenvalue weighted by Crippen LogP contribution is 2.26. The Morgan fingerprint density at radius 3 is 2.83 bits per heavy atom. The number of ether oxygens (including phenoxy) is 1. The highest BCUT2D eigenvalue weighted by molar-refractivity contribution is 7.92. The molecule has 124 valence electrons. The molecule has 2 aromatic rings. The highest BCUT2D eigenvalue weighted by atomic mass is 32.2. The minimum absolute atomic E-state index is 0.205. The van der Waals surface area contributed by atoms with Crippen LogP contribution in [0.4, 0.5) is 5.69 Å². The van der Waals surface area contributed by atoms with Crippen molar-refractivity contribution in [3.05, 3.63) is 23.7 Å². The van der Waals surface area contributed by atoms with Crippen LogP contribution in [0.2, 0.25) is 0 Å². The number of morpholine rings is 1. The lowest BCUT2D eigenvalue weighted by molar-refractivity contribution is -0.133. The summed E-state index contributed by atoms with van der Waals surface area (Å²) >= 11 is 1.43. The molecule has 1 amide bonds. The number of sulfonamides is 1. The number of aromatic nitrogens is 1. The second kappa shape index (κ2) is 6.42. The van der Waals surface area contributed by atoms with Crippen LogP contribution in [0.25, 0.3) is 10.2 Å². The number of anilines is 1. The second-order valence-corrected chi connectivity index (χ2v) is 8.06. The van der Waals surface area contributed by atoms with Crippen molar-refractivity contribution in [2.45, 2.75) is 0 Å². The lowest BCUT2D eigenvalue weighted by atomic mass is 10.3. The molecule has 0 spiro atoms. The van der Waals surface area contributed by atoms with E-state index in [0.717, 1.165) is 20.8 Å². The van der Waals surface area contributed by atoms with E-state index in [4.69, 9.17) is 4.74 Å². The van der Waals surface area contributed by atoms with Gasteiger partial charge in [-0.25, -0.2) is 13.4 Å². The Morgan fingerprint density at radius 1 is 1.39 bits per heavy atom. The Balaban J connectivity index is 1.87. The van der Waals surface area contributed by atoms with Gasteiger partial charge in [-0.15, -0.1) is 11.3 Å². The summed E-state index contributed by atoms with van der Waals surface area (Å²) in [6, 6.07) is 5.19. The Labute approximate surface area is 138 Å². The number of fused-ring (bicyclic) bond motifs is 1. The fourth-order valence-corrected chi connectivity index (χ4v) is 3.99. The monoisotopic (exact) mass is 355 g/mol. The molecule has 0 saturated carbocycles. The van der Waals surface area contributed by atoms with Crippen molar-refractivity contribution in [2.75, 3.05) is 43.4 Å². The molecule has 7 nitrogen and oxygen atoms in total. The first kappa shape index (κ1) is 16.2. The Hall–Kier alpha value is -1.71. The first-order chi connectivity index (χ1) is 10.9. The molecular weight excluding hydrogens is 338 g/mol. The van der Waals surface area contributed by atoms with Gasteiger partial charge >= 0.3 is 0 Å². The van der Waals surface area contributed by atoms with Crippen LogP contribution in [0.3, 0.4) is 0 Å². The maximum atomic E-state index is 12.4. The SMILES string of the molecule is CS(=O)(=O)N(CC(=O)N1CCOCC1)c1ccc2ncsc2c1. The first-order valence-electron chi connectivity index (χ1n) is 7.11. The maximum Gasteiger partial charge on any atom is 0.243 e. The van der Waals surface area contributed by atoms with Crippen LogP contribution >= 0.6 is 11.3 Å². The zero-order valence-corrected chi connectivity index (χ0v) is 14.3. The van der Waals surface area contributed by atoms with E-state index in [1.54, 1.807) is 28.6 Å². The smallest absolute Gasteiger partial charge is 0.243 e. The molecule has 1 aliphatic rings. The molecule has 1 fully saturated rings. The summed E-state index contributed by atoms with van der Waals surface area (Å²) in [4.78, 5) is 18.2. The van der Waals surface area contributed by atoms with E-state index in [9.17, 15) is 13.2 Å². The van der Waals surface area contributed by atoms with E-state index < -0.39 is 10.0 Å². The molecule has 0 N–H and O–H groups in total. The van der Waals surface area contributed by atoms with Gasteiger partial charge in [0.15, 0.2) is 0 Å². The van der Waals surface area contributed by atoms with Gasteiger partial charge in [0.25, 0.3) is 0 Å². The fraction of sp³-hybridized carbons (Fsp3) is 0.429. The second-order valence-electron chi connectivity index (χ2n) is 5.27. The summed E-state index contributed by atoms with van der Waals surface area (Å²) in [6.07, 6.45) is 1.11. The summed E-state index contributed by atoms with van der Waals surface area (Å²) < 4.78 is 31.5. The number of thiazole rings is 1. The normalized spacial score (nSPS) is 15.8. The van der Waals surface area contributed by atoms with Crippen LogP contribution < -0.4 is 4.31 Å². The quantitative estimate of drug-likeness (QED) is 0.815. The number of hydrogen-bond donors (Lipinski definition) is 0. The molecule has 1 aliphatic heterocycles. The predicted molar refractivity (Wildman–Crippen MR) is 89.2 cm³/mol. The number of carbonyl (C=O) groups is 1. The van der Waals surface area contributed by atoms with E-state index in [-0.39, 0.29) is 12.5 Å². The zero-order valence-electron chi connectivity index (χ0n) is 12.6. The minimum Gasteiger partial charge on any atom is -0.378 e. The summed E-state index contributed by atoms with van der Waals surface area (Å²) in [5.41, 5.74) is 3.00. The molecule has 1 aromatic heterocycles. The fourth-order valence-electron chi connectivity index (χ4n) is 2.43. The third-order valence-electron chi connectivity index (χ3n) is 3.65. The van der Waals surface area contributed by atoms with Gasteiger partial charge in [-0.3, -0.25) is 9.10 Å². The highest BCUT2D eigenvalue weighted by Gasteiger charge is 2.25. The lowest BCUT2D eigenvalue weighted by Crippen LogP contribution is -2.47. The zero-order chi connectivity index (χ0) is 16.4. The van der Waals surface area contributed by atoms with E-state index in [2.05, 4.69) is 4.98 Å². The molecule has 9 heteroatoms. The standard InChI is InChI=1S/C14H17N3O4S2/c1-23(19,20)17(9-14(18)16-4-6-21-7-5-16)11-2-3-12-13(8-11)22-10-15-12/h2-3,8,10H,4-7,9H2,1H3. The van der Waals surface area contributed by atoms with E-state index in [0.29, 0.717) is 32.0 Å². The molecule has 0 unspecified atom stereocenters. The van der Waals surface area contributed by atoms with Gasteiger partial charge in [-0.05, 0) is 18.2 Å². The van der Waals surface area contributed by atoms with Crippen molar-refractivity contribution < 1.29 is 17.9 Å². The summed E-state index contributed by atoms with van der Waals surface area (Å²) in [7, 11) is -3.56. The molecule has 0 aliphatic carbocycles. The number of carbonyl (C=O) groups excluding carboxylic acids is 1. The largest absolute Gasteiger partial charge is 0.378 e. The molecule has 3 rings (SSSR count). The third-order valence-corrected chi connectivity index (χ3v) is 5.58. The van der Waals surface area contributed by atoms with Crippen molar-refractivity contribution in [3.8, 4) is 0 Å². The Morgan fingerprint density at radius 2 is 2.13 bits per heavy atom. The van der Waals surface area contributed by atoms with Gasteiger partial charge in [0.05, 0.1) is 40.9 Å². The van der Waals surface area contributed by atoms with E-state index in [1.807, 2.05) is 0 Å². The van der Waals surface area contributed by atoms with Gasteiger partial charge in [-0.1, -0.05) is 0 Å². The molecule has 0 atom stereocenters. The summed E-state index contributed by atoms with van der Waals surface area (Å²) in [5, 5.41) is 0. The average molecular weight is 355 g/mol. The van der Waals surface area contributed by atoms with E-state index in [1.165, 1.54) is 11.3 Å². The van der Waals surface area contributed by atoms with Crippen molar-refractivity contribution in [1.82, 2.24) is 9.88 Å². The van der Waals surface area contributed by atoms with Crippen LogP contribution in [0.5, 0.6) is 0 Å². The number of benzene rings is 1. The van der Waals surface area contributed by atoms with Crippen molar-refractivity contribution in [3.63, 3.8) is 0 Å². The van der Waals surface area contributed by atoms with Crippen molar-refractivity contribution >= 4 is 43.2 Å². The minimum atomic E-state index is -3.56. The number of rotatable bonds is 4. The van der Waals surface area contributed by atoms with Crippen molar-refractivity contribution in [2.24, 2.45) is 0 Å². The summed E-state index contributed by atoms with van der Waals surface area (Å²) in [5.74, 6) is -0.219. The number of amides is 1. The molecule has 0 bridgehead atoms. The Kier molecular flexibility index (Phi) is 4.51. The van der Waals surface area contributed by atoms with Crippen LogP contribution in [0.1, 0.15) is 0 Å². The van der Waals surface area contributed by atoms with E-state index >= 15 is 0 Å². The van der Waals surface area contributed by atoms with Crippen LogP contribution in [-0.2, 0) is 19.6 Å². The van der Waals surface area contributed by atoms with Gasteiger partial charge in [0.2, 0.25) is 15.9 Å². The van der Waals surface area contributed by atoms with Gasteiger partial charge in [-0.2, -0.15) is 0 Å². The van der Waals surface area contributed by atoms with Crippen molar-refractivity contribution in [1.29, 1.82) is 0 Å². The first-order valence-corrected chi connectivity index (χ1v) is 9.84. The molecule has 2 heterocycles. The van der Waals surface area contributed by atoms with Crippen LogP contribution in [-0.4, -0.2) is 63.3 Å². The molecule has 1 saturated heterocycles. The summed E-state index contributed by atoms with van der Waals surface area (Å²) in [6.45, 7) is 1.74. The topological polar surface area (TPSA) is 79.8 Å². The number of nitrogens with zero attached hydrogens (tertiary/aromatic N) is 3. The molecule has 1 aromatic carbocycles. The third kappa shape index (κ3) is 3.62. The predicted octanol–water partition coefficient (Wildman–Crippen LogP) is 0.921.